The summed E-state index contributed by atoms with van der Waals surface area (Å²) in [6.45, 7) is 0. The van der Waals surface area contributed by atoms with Gasteiger partial charge in [0.2, 0.25) is 11.2 Å². The number of carbonyl (C=O) groups excluding carboxylic acids is 1. The zero-order valence-corrected chi connectivity index (χ0v) is 15.8. The lowest BCUT2D eigenvalue weighted by Crippen LogP contribution is -2.18. The van der Waals surface area contributed by atoms with E-state index in [1.807, 2.05) is 0 Å². The SMILES string of the molecule is O=C(c1ccc(Cl)cc1)c1c(-c2ccc(Cl)cc2)oc2cc(O)ccc2c1=O. The van der Waals surface area contributed by atoms with Gasteiger partial charge in [-0.2, -0.15) is 0 Å². The van der Waals surface area contributed by atoms with Crippen LogP contribution in [0.5, 0.6) is 5.75 Å². The first-order valence-electron chi connectivity index (χ1n) is 8.30. The average molecular weight is 411 g/mol. The molecule has 1 aromatic heterocycles. The number of rotatable bonds is 3. The van der Waals surface area contributed by atoms with Crippen molar-refractivity contribution in [2.75, 3.05) is 0 Å². The molecule has 0 saturated heterocycles. The number of phenolic OH excluding ortho intramolecular Hbond substituents is 1. The van der Waals surface area contributed by atoms with Crippen molar-refractivity contribution in [2.45, 2.75) is 0 Å². The van der Waals surface area contributed by atoms with Gasteiger partial charge in [-0.25, -0.2) is 0 Å². The van der Waals surface area contributed by atoms with Crippen LogP contribution in [0.15, 0.2) is 75.9 Å². The molecule has 0 saturated carbocycles. The topological polar surface area (TPSA) is 67.5 Å². The molecule has 6 heteroatoms. The van der Waals surface area contributed by atoms with Gasteiger partial charge in [-0.3, -0.25) is 9.59 Å². The molecule has 0 atom stereocenters. The predicted molar refractivity (Wildman–Crippen MR) is 109 cm³/mol. The summed E-state index contributed by atoms with van der Waals surface area (Å²) in [5.74, 6) is -0.417. The van der Waals surface area contributed by atoms with Gasteiger partial charge in [0.25, 0.3) is 0 Å². The molecule has 138 valence electrons. The van der Waals surface area contributed by atoms with Gasteiger partial charge >= 0.3 is 0 Å². The lowest BCUT2D eigenvalue weighted by atomic mass is 9.97. The van der Waals surface area contributed by atoms with Gasteiger partial charge in [0.05, 0.1) is 5.39 Å². The summed E-state index contributed by atoms with van der Waals surface area (Å²) < 4.78 is 5.90. The highest BCUT2D eigenvalue weighted by atomic mass is 35.5. The van der Waals surface area contributed by atoms with Crippen LogP contribution in [-0.4, -0.2) is 10.9 Å². The molecular weight excluding hydrogens is 399 g/mol. The van der Waals surface area contributed by atoms with Gasteiger partial charge in [0.1, 0.15) is 22.7 Å². The second kappa shape index (κ2) is 7.15. The number of benzene rings is 3. The molecule has 0 aliphatic carbocycles. The minimum absolute atomic E-state index is 0.0468. The minimum atomic E-state index is -0.481. The highest BCUT2D eigenvalue weighted by molar-refractivity contribution is 6.31. The molecule has 0 fully saturated rings. The third-order valence-corrected chi connectivity index (χ3v) is 4.82. The van der Waals surface area contributed by atoms with Crippen molar-refractivity contribution in [3.05, 3.63) is 98.1 Å². The minimum Gasteiger partial charge on any atom is -0.508 e. The number of hydrogen-bond donors (Lipinski definition) is 1. The molecule has 0 radical (unpaired) electrons. The summed E-state index contributed by atoms with van der Waals surface area (Å²) in [6.07, 6.45) is 0. The Balaban J connectivity index is 2.03. The Bertz CT molecular complexity index is 1260. The zero-order valence-electron chi connectivity index (χ0n) is 14.3. The molecule has 4 nitrogen and oxygen atoms in total. The first-order chi connectivity index (χ1) is 13.4. The lowest BCUT2D eigenvalue weighted by molar-refractivity contribution is 0.103. The van der Waals surface area contributed by atoms with Crippen LogP contribution in [0.3, 0.4) is 0 Å². The number of carbonyl (C=O) groups is 1. The number of phenols is 1. The summed E-state index contributed by atoms with van der Waals surface area (Å²) >= 11 is 11.9. The van der Waals surface area contributed by atoms with Crippen molar-refractivity contribution in [3.63, 3.8) is 0 Å². The Labute approximate surface area is 169 Å². The predicted octanol–water partition coefficient (Wildman–Crippen LogP) is 5.70. The van der Waals surface area contributed by atoms with Crippen molar-refractivity contribution < 1.29 is 14.3 Å². The van der Waals surface area contributed by atoms with E-state index in [0.717, 1.165) is 0 Å². The van der Waals surface area contributed by atoms with Crippen LogP contribution in [0.1, 0.15) is 15.9 Å². The maximum Gasteiger partial charge on any atom is 0.204 e. The Morgan fingerprint density at radius 3 is 2.11 bits per heavy atom. The number of hydrogen-bond acceptors (Lipinski definition) is 4. The first kappa shape index (κ1) is 18.3. The molecule has 0 aliphatic rings. The highest BCUT2D eigenvalue weighted by Crippen LogP contribution is 2.30. The van der Waals surface area contributed by atoms with E-state index in [2.05, 4.69) is 0 Å². The van der Waals surface area contributed by atoms with E-state index in [0.29, 0.717) is 21.2 Å². The zero-order chi connectivity index (χ0) is 19.8. The molecule has 1 N–H and O–H groups in total. The van der Waals surface area contributed by atoms with Crippen LogP contribution in [0.2, 0.25) is 10.0 Å². The largest absolute Gasteiger partial charge is 0.508 e. The third kappa shape index (κ3) is 3.28. The van der Waals surface area contributed by atoms with E-state index in [1.54, 1.807) is 48.5 Å². The molecule has 0 bridgehead atoms. The third-order valence-electron chi connectivity index (χ3n) is 4.32. The fraction of sp³-hybridized carbons (Fsp3) is 0. The Morgan fingerprint density at radius 1 is 0.857 bits per heavy atom. The van der Waals surface area contributed by atoms with Gasteiger partial charge in [-0.05, 0) is 60.7 Å². The van der Waals surface area contributed by atoms with Crippen LogP contribution in [-0.2, 0) is 0 Å². The standard InChI is InChI=1S/C22H12Cl2O4/c23-14-5-1-12(2-6-14)20(26)19-21(27)17-10-9-16(25)11-18(17)28-22(19)13-3-7-15(24)8-4-13/h1-11,25H. The maximum atomic E-state index is 13.2. The summed E-state index contributed by atoms with van der Waals surface area (Å²) in [5.41, 5.74) is 0.436. The van der Waals surface area contributed by atoms with Gasteiger partial charge < -0.3 is 9.52 Å². The van der Waals surface area contributed by atoms with E-state index in [1.165, 1.54) is 18.2 Å². The second-order valence-corrected chi connectivity index (χ2v) is 7.03. The Hall–Kier alpha value is -3.08. The van der Waals surface area contributed by atoms with Gasteiger partial charge in [-0.1, -0.05) is 23.2 Å². The molecule has 3 aromatic carbocycles. The number of aromatic hydroxyl groups is 1. The molecule has 0 unspecified atom stereocenters. The quantitative estimate of drug-likeness (QED) is 0.439. The van der Waals surface area contributed by atoms with Crippen LogP contribution >= 0.6 is 23.2 Å². The number of halogens is 2. The Kier molecular flexibility index (Phi) is 4.67. The molecule has 0 aliphatic heterocycles. The highest BCUT2D eigenvalue weighted by Gasteiger charge is 2.23. The fourth-order valence-electron chi connectivity index (χ4n) is 2.94. The van der Waals surface area contributed by atoms with Crippen molar-refractivity contribution in [2.24, 2.45) is 0 Å². The molecule has 28 heavy (non-hydrogen) atoms. The monoisotopic (exact) mass is 410 g/mol. The van der Waals surface area contributed by atoms with Crippen LogP contribution in [0.4, 0.5) is 0 Å². The van der Waals surface area contributed by atoms with Crippen LogP contribution < -0.4 is 5.43 Å². The van der Waals surface area contributed by atoms with E-state index < -0.39 is 11.2 Å². The second-order valence-electron chi connectivity index (χ2n) is 6.16. The molecule has 1 heterocycles. The van der Waals surface area contributed by atoms with Gasteiger partial charge in [0.15, 0.2) is 0 Å². The van der Waals surface area contributed by atoms with Gasteiger partial charge in [-0.15, -0.1) is 0 Å². The Morgan fingerprint density at radius 2 is 1.46 bits per heavy atom. The molecule has 0 spiro atoms. The molecule has 4 rings (SSSR count). The summed E-state index contributed by atoms with van der Waals surface area (Å²) in [4.78, 5) is 26.3. The maximum absolute atomic E-state index is 13.2. The summed E-state index contributed by atoms with van der Waals surface area (Å²) in [6, 6.07) is 17.0. The normalized spacial score (nSPS) is 10.9. The molecular formula is C22H12Cl2O4. The van der Waals surface area contributed by atoms with Crippen molar-refractivity contribution in [3.8, 4) is 17.1 Å². The number of ketones is 1. The van der Waals surface area contributed by atoms with Gasteiger partial charge in [0, 0.05) is 27.2 Å². The van der Waals surface area contributed by atoms with E-state index in [4.69, 9.17) is 27.6 Å². The average Bonchev–Trinajstić information content (AvgIpc) is 2.68. The van der Waals surface area contributed by atoms with Crippen molar-refractivity contribution in [1.29, 1.82) is 0 Å². The van der Waals surface area contributed by atoms with Crippen molar-refractivity contribution >= 4 is 40.0 Å². The smallest absolute Gasteiger partial charge is 0.204 e. The lowest BCUT2D eigenvalue weighted by Gasteiger charge is -2.10. The van der Waals surface area contributed by atoms with Crippen LogP contribution in [0.25, 0.3) is 22.3 Å². The van der Waals surface area contributed by atoms with E-state index >= 15 is 0 Å². The molecule has 4 aromatic rings. The summed E-state index contributed by atoms with van der Waals surface area (Å²) in [7, 11) is 0. The van der Waals surface area contributed by atoms with Crippen LogP contribution in [0, 0.1) is 0 Å². The summed E-state index contributed by atoms with van der Waals surface area (Å²) in [5, 5.41) is 10.9. The first-order valence-corrected chi connectivity index (χ1v) is 9.05. The fourth-order valence-corrected chi connectivity index (χ4v) is 3.19. The van der Waals surface area contributed by atoms with E-state index in [9.17, 15) is 14.7 Å². The van der Waals surface area contributed by atoms with E-state index in [-0.39, 0.29) is 28.0 Å². The molecule has 0 amide bonds. The number of fused-ring (bicyclic) bond motifs is 1. The van der Waals surface area contributed by atoms with Crippen molar-refractivity contribution in [1.82, 2.24) is 0 Å².